The number of esters is 1. The molecule has 34 heavy (non-hydrogen) atoms. The van der Waals surface area contributed by atoms with E-state index in [0.717, 1.165) is 11.2 Å². The van der Waals surface area contributed by atoms with Crippen molar-refractivity contribution in [3.63, 3.8) is 0 Å². The summed E-state index contributed by atoms with van der Waals surface area (Å²) in [4.78, 5) is 23.4. The summed E-state index contributed by atoms with van der Waals surface area (Å²) in [5, 5.41) is 30.7. The Bertz CT molecular complexity index is 976. The maximum absolute atomic E-state index is 13.5. The molecule has 2 heterocycles. The third-order valence-corrected chi connectivity index (χ3v) is 6.43. The second kappa shape index (κ2) is 11.1. The second-order valence-corrected chi connectivity index (χ2v) is 9.07. The van der Waals surface area contributed by atoms with Gasteiger partial charge < -0.3 is 29.5 Å². The number of aliphatic hydroxyl groups excluding tert-OH is 2. The summed E-state index contributed by atoms with van der Waals surface area (Å²) < 4.78 is 35.0. The van der Waals surface area contributed by atoms with Crippen molar-refractivity contribution in [3.05, 3.63) is 42.7 Å². The van der Waals surface area contributed by atoms with Crippen LogP contribution >= 0.6 is 7.75 Å². The number of hydrogen-bond donors (Lipinski definition) is 4. The van der Waals surface area contributed by atoms with E-state index >= 15 is 0 Å². The largest absolute Gasteiger partial charge is 0.465 e. The van der Waals surface area contributed by atoms with Crippen molar-refractivity contribution in [2.75, 3.05) is 13.2 Å². The van der Waals surface area contributed by atoms with E-state index in [2.05, 4.69) is 22.1 Å². The fourth-order valence-corrected chi connectivity index (χ4v) is 4.65. The number of hydrazone groups is 1. The lowest BCUT2D eigenvalue weighted by Gasteiger charge is -2.30. The SMILES string of the molecule is C=C1NC(=O)C=NN1[C@@H]1O[C@H](COP(=O)(N[C@@H](C)C(=O)OCC)Oc2ccccc2)C(O)[C@@H]1O. The van der Waals surface area contributed by atoms with E-state index in [1.165, 1.54) is 6.92 Å². The Balaban J connectivity index is 1.71. The van der Waals surface area contributed by atoms with Crippen LogP contribution in [0.5, 0.6) is 5.75 Å². The van der Waals surface area contributed by atoms with Crippen molar-refractivity contribution >= 4 is 25.8 Å². The predicted octanol–water partition coefficient (Wildman–Crippen LogP) is 0.0668. The van der Waals surface area contributed by atoms with Crippen molar-refractivity contribution < 1.29 is 42.9 Å². The fraction of sp³-hybridized carbons (Fsp3) is 0.450. The monoisotopic (exact) mass is 498 g/mol. The number of benzene rings is 1. The zero-order valence-electron chi connectivity index (χ0n) is 18.6. The first-order valence-corrected chi connectivity index (χ1v) is 12.0. The number of amides is 1. The highest BCUT2D eigenvalue weighted by atomic mass is 31.2. The number of nitrogens with one attached hydrogen (secondary N) is 2. The van der Waals surface area contributed by atoms with E-state index in [0.29, 0.717) is 0 Å². The average Bonchev–Trinajstić information content (AvgIpc) is 3.07. The molecule has 2 aliphatic heterocycles. The first-order valence-electron chi connectivity index (χ1n) is 10.4. The fourth-order valence-electron chi connectivity index (χ4n) is 3.14. The molecule has 0 spiro atoms. The molecule has 1 fully saturated rings. The predicted molar refractivity (Wildman–Crippen MR) is 118 cm³/mol. The summed E-state index contributed by atoms with van der Waals surface area (Å²) in [5.74, 6) is -0.933. The molecule has 0 aliphatic carbocycles. The molecule has 186 valence electrons. The van der Waals surface area contributed by atoms with Crippen LogP contribution in [0.25, 0.3) is 0 Å². The van der Waals surface area contributed by atoms with E-state index in [9.17, 15) is 24.4 Å². The molecule has 2 aliphatic rings. The van der Waals surface area contributed by atoms with Gasteiger partial charge in [0.15, 0.2) is 6.23 Å². The van der Waals surface area contributed by atoms with Gasteiger partial charge in [-0.25, -0.2) is 9.57 Å². The summed E-state index contributed by atoms with van der Waals surface area (Å²) in [6.07, 6.45) is -4.32. The molecular weight excluding hydrogens is 471 g/mol. The van der Waals surface area contributed by atoms with E-state index in [4.69, 9.17) is 18.5 Å². The number of para-hydroxylation sites is 1. The van der Waals surface area contributed by atoms with Gasteiger partial charge in [0.2, 0.25) is 0 Å². The quantitative estimate of drug-likeness (QED) is 0.254. The number of ether oxygens (including phenoxy) is 2. The van der Waals surface area contributed by atoms with Crippen LogP contribution in [0, 0.1) is 0 Å². The van der Waals surface area contributed by atoms with Gasteiger partial charge in [-0.3, -0.25) is 14.1 Å². The number of nitrogens with zero attached hydrogens (tertiary/aromatic N) is 2. The van der Waals surface area contributed by atoms with E-state index in [1.54, 1.807) is 37.3 Å². The van der Waals surface area contributed by atoms with Crippen molar-refractivity contribution in [3.8, 4) is 5.75 Å². The van der Waals surface area contributed by atoms with Crippen LogP contribution < -0.4 is 14.9 Å². The molecular formula is C20H27N4O9P. The molecule has 0 bridgehead atoms. The molecule has 0 saturated carbocycles. The minimum atomic E-state index is -4.19. The lowest BCUT2D eigenvalue weighted by molar-refractivity contribution is -0.144. The third kappa shape index (κ3) is 6.20. The number of hydrogen-bond acceptors (Lipinski definition) is 11. The van der Waals surface area contributed by atoms with Gasteiger partial charge in [-0.1, -0.05) is 24.8 Å². The van der Waals surface area contributed by atoms with Crippen LogP contribution in [0.3, 0.4) is 0 Å². The van der Waals surface area contributed by atoms with Gasteiger partial charge in [-0.15, -0.1) is 0 Å². The lowest BCUT2D eigenvalue weighted by Crippen LogP contribution is -2.47. The molecule has 2 unspecified atom stereocenters. The molecule has 1 saturated heterocycles. The summed E-state index contributed by atoms with van der Waals surface area (Å²) in [5.41, 5.74) is 0. The Morgan fingerprint density at radius 1 is 1.35 bits per heavy atom. The van der Waals surface area contributed by atoms with Crippen molar-refractivity contribution in [2.45, 2.75) is 44.4 Å². The lowest BCUT2D eigenvalue weighted by atomic mass is 10.1. The topological polar surface area (TPSA) is 168 Å². The maximum Gasteiger partial charge on any atom is 0.459 e. The van der Waals surface area contributed by atoms with Gasteiger partial charge >= 0.3 is 13.7 Å². The van der Waals surface area contributed by atoms with Gasteiger partial charge in [0.05, 0.1) is 13.2 Å². The Labute approximate surface area is 195 Å². The van der Waals surface area contributed by atoms with E-state index in [-0.39, 0.29) is 18.2 Å². The van der Waals surface area contributed by atoms with E-state index in [1.807, 2.05) is 0 Å². The zero-order valence-corrected chi connectivity index (χ0v) is 19.5. The van der Waals surface area contributed by atoms with E-state index < -0.39 is 56.8 Å². The molecule has 0 aromatic heterocycles. The van der Waals surface area contributed by atoms with Crippen molar-refractivity contribution in [2.24, 2.45) is 5.10 Å². The molecule has 3 rings (SSSR count). The van der Waals surface area contributed by atoms with Crippen LogP contribution in [-0.4, -0.2) is 77.1 Å². The molecule has 14 heteroatoms. The first-order chi connectivity index (χ1) is 16.1. The standard InChI is InChI=1S/C20H27N4O9P/c1-4-30-20(28)12(2)23-34(29,33-14-8-6-5-7-9-14)31-11-15-17(26)18(27)19(32-15)24-13(3)22-16(25)10-21-24/h5-10,12,15,17-19,26-27H,3-4,11H2,1-2H3,(H,22,25)(H,23,29)/t12-,15+,17?,18-,19+,34?/m0/s1. The van der Waals surface area contributed by atoms with Gasteiger partial charge in [-0.2, -0.15) is 10.2 Å². The minimum Gasteiger partial charge on any atom is -0.465 e. The normalized spacial score (nSPS) is 27.1. The average molecular weight is 498 g/mol. The van der Waals surface area contributed by atoms with Crippen molar-refractivity contribution in [1.29, 1.82) is 0 Å². The summed E-state index contributed by atoms with van der Waals surface area (Å²) in [6.45, 7) is 6.33. The molecule has 1 amide bonds. The Hall–Kier alpha value is -2.80. The number of carbonyl (C=O) groups excluding carboxylic acids is 2. The zero-order chi connectivity index (χ0) is 24.9. The highest BCUT2D eigenvalue weighted by molar-refractivity contribution is 7.52. The summed E-state index contributed by atoms with van der Waals surface area (Å²) in [6, 6.07) is 7.09. The van der Waals surface area contributed by atoms with Crippen LogP contribution in [0.2, 0.25) is 0 Å². The van der Waals surface area contributed by atoms with Gasteiger partial charge in [-0.05, 0) is 26.0 Å². The summed E-state index contributed by atoms with van der Waals surface area (Å²) in [7, 11) is -4.19. The Morgan fingerprint density at radius 2 is 2.06 bits per heavy atom. The van der Waals surface area contributed by atoms with Crippen LogP contribution in [0.15, 0.2) is 47.8 Å². The number of aliphatic hydroxyl groups is 2. The van der Waals surface area contributed by atoms with Crippen LogP contribution in [-0.2, 0) is 28.2 Å². The Morgan fingerprint density at radius 3 is 2.71 bits per heavy atom. The molecule has 6 atom stereocenters. The Kier molecular flexibility index (Phi) is 8.42. The van der Waals surface area contributed by atoms with Gasteiger partial charge in [0.1, 0.15) is 42.1 Å². The minimum absolute atomic E-state index is 0.0355. The first kappa shape index (κ1) is 25.8. The number of rotatable bonds is 10. The van der Waals surface area contributed by atoms with Gasteiger partial charge in [0.25, 0.3) is 5.91 Å². The van der Waals surface area contributed by atoms with Crippen molar-refractivity contribution in [1.82, 2.24) is 15.4 Å². The molecule has 4 N–H and O–H groups in total. The maximum atomic E-state index is 13.5. The van der Waals surface area contributed by atoms with Crippen LogP contribution in [0.1, 0.15) is 13.8 Å². The highest BCUT2D eigenvalue weighted by Crippen LogP contribution is 2.45. The summed E-state index contributed by atoms with van der Waals surface area (Å²) >= 11 is 0. The third-order valence-electron chi connectivity index (χ3n) is 4.79. The number of carbonyl (C=O) groups is 2. The smallest absolute Gasteiger partial charge is 0.459 e. The molecule has 1 aromatic carbocycles. The van der Waals surface area contributed by atoms with Gasteiger partial charge in [0, 0.05) is 0 Å². The van der Waals surface area contributed by atoms with Crippen LogP contribution in [0.4, 0.5) is 0 Å². The molecule has 1 aromatic rings. The second-order valence-electron chi connectivity index (χ2n) is 7.37. The highest BCUT2D eigenvalue weighted by Gasteiger charge is 2.48. The molecule has 0 radical (unpaired) electrons. The molecule has 13 nitrogen and oxygen atoms in total.